The quantitative estimate of drug-likeness (QED) is 0.652. The molecule has 2 aliphatic rings. The molecule has 0 radical (unpaired) electrons. The highest BCUT2D eigenvalue weighted by molar-refractivity contribution is 4.75. The average molecular weight is 199 g/mol. The van der Waals surface area contributed by atoms with Gasteiger partial charge < -0.3 is 14.8 Å². The minimum absolute atomic E-state index is 0.652. The fourth-order valence-corrected chi connectivity index (χ4v) is 1.91. The summed E-state index contributed by atoms with van der Waals surface area (Å²) >= 11 is 0. The van der Waals surface area contributed by atoms with Crippen molar-refractivity contribution in [3.05, 3.63) is 0 Å². The van der Waals surface area contributed by atoms with Crippen LogP contribution in [0.1, 0.15) is 25.7 Å². The molecule has 14 heavy (non-hydrogen) atoms. The Balaban J connectivity index is 1.39. The standard InChI is InChI=1S/C11H21NO2/c1-2-11(3-1)12-5-7-14-9-10-4-6-13-8-10/h10-12H,1-9H2. The first-order valence-electron chi connectivity index (χ1n) is 5.84. The van der Waals surface area contributed by atoms with Crippen LogP contribution in [0.15, 0.2) is 0 Å². The van der Waals surface area contributed by atoms with Crippen molar-refractivity contribution in [2.45, 2.75) is 31.7 Å². The normalized spacial score (nSPS) is 27.9. The highest BCUT2D eigenvalue weighted by Gasteiger charge is 2.17. The molecule has 82 valence electrons. The molecule has 2 rings (SSSR count). The first-order valence-corrected chi connectivity index (χ1v) is 5.84. The first-order chi connectivity index (χ1) is 6.95. The molecule has 1 heterocycles. The summed E-state index contributed by atoms with van der Waals surface area (Å²) in [5.74, 6) is 0.652. The lowest BCUT2D eigenvalue weighted by Gasteiger charge is -2.26. The summed E-state index contributed by atoms with van der Waals surface area (Å²) in [6, 6.07) is 0.786. The second-order valence-corrected chi connectivity index (χ2v) is 4.39. The Labute approximate surface area is 86.2 Å². The van der Waals surface area contributed by atoms with E-state index in [9.17, 15) is 0 Å². The summed E-state index contributed by atoms with van der Waals surface area (Å²) in [6.07, 6.45) is 5.29. The summed E-state index contributed by atoms with van der Waals surface area (Å²) in [7, 11) is 0. The van der Waals surface area contributed by atoms with Crippen LogP contribution < -0.4 is 5.32 Å². The number of ether oxygens (including phenoxy) is 2. The molecule has 1 atom stereocenters. The van der Waals surface area contributed by atoms with Crippen LogP contribution in [0.4, 0.5) is 0 Å². The smallest absolute Gasteiger partial charge is 0.0591 e. The highest BCUT2D eigenvalue weighted by atomic mass is 16.5. The summed E-state index contributed by atoms with van der Waals surface area (Å²) in [5, 5.41) is 3.49. The summed E-state index contributed by atoms with van der Waals surface area (Å²) in [4.78, 5) is 0. The van der Waals surface area contributed by atoms with Crippen LogP contribution >= 0.6 is 0 Å². The summed E-state index contributed by atoms with van der Waals surface area (Å²) in [5.41, 5.74) is 0. The van der Waals surface area contributed by atoms with Crippen molar-refractivity contribution in [1.82, 2.24) is 5.32 Å². The van der Waals surface area contributed by atoms with E-state index in [1.165, 1.54) is 25.7 Å². The molecule has 1 saturated heterocycles. The van der Waals surface area contributed by atoms with Crippen molar-refractivity contribution in [1.29, 1.82) is 0 Å². The third-order valence-corrected chi connectivity index (χ3v) is 3.16. The van der Waals surface area contributed by atoms with Gasteiger partial charge >= 0.3 is 0 Å². The third kappa shape index (κ3) is 3.23. The number of hydrogen-bond donors (Lipinski definition) is 1. The molecular formula is C11H21NO2. The van der Waals surface area contributed by atoms with Crippen LogP contribution in [0.2, 0.25) is 0 Å². The highest BCUT2D eigenvalue weighted by Crippen LogP contribution is 2.17. The van der Waals surface area contributed by atoms with Crippen LogP contribution in [0.3, 0.4) is 0 Å². The molecule has 3 heteroatoms. The Morgan fingerprint density at radius 1 is 1.29 bits per heavy atom. The second kappa shape index (κ2) is 5.69. The van der Waals surface area contributed by atoms with Crippen molar-refractivity contribution in [3.63, 3.8) is 0 Å². The largest absolute Gasteiger partial charge is 0.381 e. The molecule has 2 fully saturated rings. The fourth-order valence-electron chi connectivity index (χ4n) is 1.91. The van der Waals surface area contributed by atoms with Gasteiger partial charge in [-0.1, -0.05) is 6.42 Å². The van der Waals surface area contributed by atoms with Crippen LogP contribution in [-0.2, 0) is 9.47 Å². The van der Waals surface area contributed by atoms with Crippen molar-refractivity contribution in [2.24, 2.45) is 5.92 Å². The van der Waals surface area contributed by atoms with E-state index in [0.717, 1.165) is 39.0 Å². The van der Waals surface area contributed by atoms with Gasteiger partial charge in [0.15, 0.2) is 0 Å². The van der Waals surface area contributed by atoms with Gasteiger partial charge in [-0.15, -0.1) is 0 Å². The monoisotopic (exact) mass is 199 g/mol. The minimum atomic E-state index is 0.652. The zero-order chi connectivity index (χ0) is 9.64. The molecule has 0 spiro atoms. The molecular weight excluding hydrogens is 178 g/mol. The summed E-state index contributed by atoms with van der Waals surface area (Å²) < 4.78 is 10.9. The van der Waals surface area contributed by atoms with Crippen molar-refractivity contribution in [3.8, 4) is 0 Å². The molecule has 0 aromatic carbocycles. The third-order valence-electron chi connectivity index (χ3n) is 3.16. The van der Waals surface area contributed by atoms with E-state index in [1.54, 1.807) is 0 Å². The molecule has 3 nitrogen and oxygen atoms in total. The van der Waals surface area contributed by atoms with Crippen LogP contribution in [0, 0.1) is 5.92 Å². The van der Waals surface area contributed by atoms with Crippen molar-refractivity contribution in [2.75, 3.05) is 33.0 Å². The maximum Gasteiger partial charge on any atom is 0.0591 e. The number of nitrogens with one attached hydrogen (secondary N) is 1. The lowest BCUT2D eigenvalue weighted by molar-refractivity contribution is 0.0884. The molecule has 1 aliphatic carbocycles. The van der Waals surface area contributed by atoms with Gasteiger partial charge in [0.1, 0.15) is 0 Å². The zero-order valence-electron chi connectivity index (χ0n) is 8.84. The van der Waals surface area contributed by atoms with E-state index in [-0.39, 0.29) is 0 Å². The lowest BCUT2D eigenvalue weighted by Crippen LogP contribution is -2.37. The Bertz CT molecular complexity index is 153. The van der Waals surface area contributed by atoms with Crippen molar-refractivity contribution < 1.29 is 9.47 Å². The van der Waals surface area contributed by atoms with E-state index in [2.05, 4.69) is 5.32 Å². The molecule has 1 aliphatic heterocycles. The Morgan fingerprint density at radius 3 is 2.86 bits per heavy atom. The molecule has 0 aromatic heterocycles. The van der Waals surface area contributed by atoms with Gasteiger partial charge in [0, 0.05) is 25.1 Å². The van der Waals surface area contributed by atoms with Gasteiger partial charge in [0.25, 0.3) is 0 Å². The van der Waals surface area contributed by atoms with Gasteiger partial charge in [0.2, 0.25) is 0 Å². The number of hydrogen-bond acceptors (Lipinski definition) is 3. The van der Waals surface area contributed by atoms with Crippen LogP contribution in [-0.4, -0.2) is 39.0 Å². The van der Waals surface area contributed by atoms with Gasteiger partial charge in [-0.05, 0) is 19.3 Å². The maximum absolute atomic E-state index is 5.59. The fraction of sp³-hybridized carbons (Fsp3) is 1.00. The Hall–Kier alpha value is -0.120. The average Bonchev–Trinajstić information content (AvgIpc) is 2.60. The van der Waals surface area contributed by atoms with E-state index in [4.69, 9.17) is 9.47 Å². The Morgan fingerprint density at radius 2 is 2.21 bits per heavy atom. The van der Waals surface area contributed by atoms with Crippen LogP contribution in [0.25, 0.3) is 0 Å². The zero-order valence-corrected chi connectivity index (χ0v) is 8.84. The molecule has 0 amide bonds. The second-order valence-electron chi connectivity index (χ2n) is 4.39. The van der Waals surface area contributed by atoms with E-state index >= 15 is 0 Å². The maximum atomic E-state index is 5.59. The topological polar surface area (TPSA) is 30.5 Å². The van der Waals surface area contributed by atoms with Gasteiger partial charge in [-0.3, -0.25) is 0 Å². The molecule has 0 bridgehead atoms. The summed E-state index contributed by atoms with van der Waals surface area (Å²) in [6.45, 7) is 4.57. The van der Waals surface area contributed by atoms with Gasteiger partial charge in [-0.2, -0.15) is 0 Å². The predicted octanol–water partition coefficient (Wildman–Crippen LogP) is 1.18. The van der Waals surface area contributed by atoms with Gasteiger partial charge in [0.05, 0.1) is 19.8 Å². The SMILES string of the molecule is C1CC(NCCOCC2CCOC2)C1. The Kier molecular flexibility index (Phi) is 4.22. The lowest BCUT2D eigenvalue weighted by atomic mass is 9.93. The predicted molar refractivity (Wildman–Crippen MR) is 55.4 cm³/mol. The number of rotatable bonds is 6. The first kappa shape index (κ1) is 10.4. The van der Waals surface area contributed by atoms with Crippen molar-refractivity contribution >= 4 is 0 Å². The molecule has 0 aromatic rings. The molecule has 1 N–H and O–H groups in total. The molecule has 1 unspecified atom stereocenters. The molecule has 1 saturated carbocycles. The van der Waals surface area contributed by atoms with Gasteiger partial charge in [-0.25, -0.2) is 0 Å². The van der Waals surface area contributed by atoms with Crippen LogP contribution in [0.5, 0.6) is 0 Å². The van der Waals surface area contributed by atoms with E-state index in [0.29, 0.717) is 5.92 Å². The van der Waals surface area contributed by atoms with E-state index < -0.39 is 0 Å². The minimum Gasteiger partial charge on any atom is -0.381 e. The van der Waals surface area contributed by atoms with E-state index in [1.807, 2.05) is 0 Å².